The molecular weight excluding hydrogens is 338 g/mol. The average Bonchev–Trinajstić information content (AvgIpc) is 2.71. The fraction of sp³-hybridized carbons (Fsp3) is 0.227. The zero-order valence-electron chi connectivity index (χ0n) is 15.2. The lowest BCUT2D eigenvalue weighted by Gasteiger charge is -2.08. The largest absolute Gasteiger partial charge is 0.354 e. The van der Waals surface area contributed by atoms with Crippen LogP contribution in [0.5, 0.6) is 0 Å². The monoisotopic (exact) mass is 361 g/mol. The lowest BCUT2D eigenvalue weighted by Crippen LogP contribution is -2.30. The lowest BCUT2D eigenvalue weighted by atomic mass is 10.1. The third-order valence-corrected chi connectivity index (χ3v) is 4.34. The molecule has 2 aromatic carbocycles. The Balaban J connectivity index is 1.43. The summed E-state index contributed by atoms with van der Waals surface area (Å²) in [6.07, 6.45) is 3.71. The number of amides is 1. The first kappa shape index (κ1) is 18.6. The topological polar surface area (TPSA) is 64.0 Å². The maximum absolute atomic E-state index is 12.2. The summed E-state index contributed by atoms with van der Waals surface area (Å²) in [7, 11) is 0. The highest BCUT2D eigenvalue weighted by Crippen LogP contribution is 2.13. The summed E-state index contributed by atoms with van der Waals surface area (Å²) in [6, 6.07) is 21.2. The molecule has 27 heavy (non-hydrogen) atoms. The third kappa shape index (κ3) is 5.64. The minimum Gasteiger partial charge on any atom is -0.354 e. The Morgan fingerprint density at radius 3 is 2.41 bits per heavy atom. The van der Waals surface area contributed by atoms with Gasteiger partial charge in [-0.1, -0.05) is 60.7 Å². The minimum absolute atomic E-state index is 0.00726. The highest BCUT2D eigenvalue weighted by Gasteiger charge is 2.04. The van der Waals surface area contributed by atoms with Crippen molar-refractivity contribution in [1.82, 2.24) is 14.9 Å². The van der Waals surface area contributed by atoms with Gasteiger partial charge in [0.1, 0.15) is 0 Å². The Morgan fingerprint density at radius 2 is 1.70 bits per heavy atom. The Hall–Kier alpha value is -3.21. The van der Waals surface area contributed by atoms with Gasteiger partial charge in [-0.3, -0.25) is 14.2 Å². The van der Waals surface area contributed by atoms with E-state index in [1.807, 2.05) is 48.5 Å². The number of nitrogens with one attached hydrogen (secondary N) is 1. The molecule has 5 nitrogen and oxygen atoms in total. The minimum atomic E-state index is -0.123. The highest BCUT2D eigenvalue weighted by molar-refractivity contribution is 5.75. The van der Waals surface area contributed by atoms with Gasteiger partial charge in [-0.25, -0.2) is 4.98 Å². The summed E-state index contributed by atoms with van der Waals surface area (Å²) in [4.78, 5) is 28.5. The van der Waals surface area contributed by atoms with E-state index in [0.717, 1.165) is 18.4 Å². The summed E-state index contributed by atoms with van der Waals surface area (Å²) < 4.78 is 1.51. The van der Waals surface area contributed by atoms with Crippen molar-refractivity contribution in [3.63, 3.8) is 0 Å². The summed E-state index contributed by atoms with van der Waals surface area (Å²) in [6.45, 7) is 0.821. The molecule has 1 heterocycles. The van der Waals surface area contributed by atoms with Crippen LogP contribution in [0.3, 0.4) is 0 Å². The first-order chi connectivity index (χ1) is 13.2. The maximum atomic E-state index is 12.2. The first-order valence-corrected chi connectivity index (χ1v) is 9.15. The van der Waals surface area contributed by atoms with Crippen LogP contribution in [0.1, 0.15) is 18.4 Å². The van der Waals surface area contributed by atoms with Crippen LogP contribution in [0.2, 0.25) is 0 Å². The first-order valence-electron chi connectivity index (χ1n) is 9.15. The molecule has 0 radical (unpaired) electrons. The van der Waals surface area contributed by atoms with Crippen LogP contribution in [0.4, 0.5) is 0 Å². The summed E-state index contributed by atoms with van der Waals surface area (Å²) in [5, 5.41) is 2.86. The van der Waals surface area contributed by atoms with Crippen molar-refractivity contribution in [3.05, 3.63) is 89.0 Å². The number of carbonyl (C=O) groups is 1. The van der Waals surface area contributed by atoms with E-state index in [4.69, 9.17) is 0 Å². The van der Waals surface area contributed by atoms with Crippen molar-refractivity contribution in [3.8, 4) is 11.3 Å². The second-order valence-corrected chi connectivity index (χ2v) is 6.36. The van der Waals surface area contributed by atoms with Gasteiger partial charge < -0.3 is 5.32 Å². The van der Waals surface area contributed by atoms with Crippen molar-refractivity contribution in [2.24, 2.45) is 0 Å². The van der Waals surface area contributed by atoms with E-state index >= 15 is 0 Å². The van der Waals surface area contributed by atoms with Gasteiger partial charge in [-0.15, -0.1) is 0 Å². The Kier molecular flexibility index (Phi) is 6.52. The molecule has 3 aromatic rings. The van der Waals surface area contributed by atoms with Gasteiger partial charge in [-0.2, -0.15) is 0 Å². The van der Waals surface area contributed by atoms with E-state index in [1.165, 1.54) is 22.5 Å². The van der Waals surface area contributed by atoms with Crippen molar-refractivity contribution < 1.29 is 4.79 Å². The number of nitrogens with zero attached hydrogens (tertiary/aromatic N) is 2. The van der Waals surface area contributed by atoms with E-state index in [-0.39, 0.29) is 11.5 Å². The Morgan fingerprint density at radius 1 is 1.00 bits per heavy atom. The van der Waals surface area contributed by atoms with Gasteiger partial charge >= 0.3 is 0 Å². The quantitative estimate of drug-likeness (QED) is 0.671. The third-order valence-electron chi connectivity index (χ3n) is 4.34. The van der Waals surface area contributed by atoms with E-state index < -0.39 is 0 Å². The summed E-state index contributed by atoms with van der Waals surface area (Å²) in [5.74, 6) is 0.00726. The normalized spacial score (nSPS) is 10.5. The summed E-state index contributed by atoms with van der Waals surface area (Å²) >= 11 is 0. The molecule has 0 atom stereocenters. The predicted octanol–water partition coefficient (Wildman–Crippen LogP) is 3.05. The summed E-state index contributed by atoms with van der Waals surface area (Å²) in [5.41, 5.74) is 2.68. The molecule has 0 fully saturated rings. The molecule has 0 aliphatic rings. The fourth-order valence-electron chi connectivity index (χ4n) is 2.86. The number of rotatable bonds is 8. The number of benzene rings is 2. The number of hydrogen-bond donors (Lipinski definition) is 1. The Labute approximate surface area is 158 Å². The average molecular weight is 361 g/mol. The zero-order chi connectivity index (χ0) is 18.9. The zero-order valence-corrected chi connectivity index (χ0v) is 15.2. The molecule has 0 aliphatic heterocycles. The van der Waals surface area contributed by atoms with Gasteiger partial charge in [0.15, 0.2) is 0 Å². The van der Waals surface area contributed by atoms with Crippen molar-refractivity contribution in [1.29, 1.82) is 0 Å². The van der Waals surface area contributed by atoms with Gasteiger partial charge in [0.25, 0.3) is 5.56 Å². The van der Waals surface area contributed by atoms with E-state index in [0.29, 0.717) is 25.2 Å². The van der Waals surface area contributed by atoms with E-state index in [1.54, 1.807) is 0 Å². The predicted molar refractivity (Wildman–Crippen MR) is 106 cm³/mol. The van der Waals surface area contributed by atoms with Crippen LogP contribution in [0, 0.1) is 0 Å². The molecular formula is C22H23N3O2. The molecule has 0 aliphatic carbocycles. The van der Waals surface area contributed by atoms with E-state index in [2.05, 4.69) is 22.4 Å². The SMILES string of the molecule is O=C(CCCc1ccccc1)NCCn1cnc(-c2ccccc2)cc1=O. The second-order valence-electron chi connectivity index (χ2n) is 6.36. The van der Waals surface area contributed by atoms with Gasteiger partial charge in [0, 0.05) is 31.1 Å². The van der Waals surface area contributed by atoms with Gasteiger partial charge in [0.05, 0.1) is 12.0 Å². The van der Waals surface area contributed by atoms with Crippen molar-refractivity contribution >= 4 is 5.91 Å². The van der Waals surface area contributed by atoms with Crippen LogP contribution in [-0.4, -0.2) is 22.0 Å². The molecule has 1 amide bonds. The molecule has 1 aromatic heterocycles. The molecule has 0 spiro atoms. The van der Waals surface area contributed by atoms with E-state index in [9.17, 15) is 9.59 Å². The molecule has 1 N–H and O–H groups in total. The molecule has 0 saturated carbocycles. The van der Waals surface area contributed by atoms with Crippen LogP contribution in [0.25, 0.3) is 11.3 Å². The van der Waals surface area contributed by atoms with Crippen LogP contribution in [0.15, 0.2) is 77.9 Å². The maximum Gasteiger partial charge on any atom is 0.253 e. The Bertz CT molecular complexity index is 921. The number of hydrogen-bond acceptors (Lipinski definition) is 3. The standard InChI is InChI=1S/C22H23N3O2/c26-21(13-7-10-18-8-3-1-4-9-18)23-14-15-25-17-24-20(16-22(25)27)19-11-5-2-6-12-19/h1-6,8-9,11-12,16-17H,7,10,13-15H2,(H,23,26). The van der Waals surface area contributed by atoms with Gasteiger partial charge in [-0.05, 0) is 18.4 Å². The van der Waals surface area contributed by atoms with Crippen molar-refractivity contribution in [2.75, 3.05) is 6.54 Å². The second kappa shape index (κ2) is 9.48. The smallest absolute Gasteiger partial charge is 0.253 e. The molecule has 0 bridgehead atoms. The molecule has 138 valence electrons. The number of aryl methyl sites for hydroxylation is 1. The van der Waals surface area contributed by atoms with Crippen LogP contribution in [-0.2, 0) is 17.8 Å². The molecule has 0 unspecified atom stereocenters. The van der Waals surface area contributed by atoms with Crippen molar-refractivity contribution in [2.45, 2.75) is 25.8 Å². The molecule has 0 saturated heterocycles. The number of carbonyl (C=O) groups excluding carboxylic acids is 1. The van der Waals surface area contributed by atoms with Crippen LogP contribution >= 0.6 is 0 Å². The highest BCUT2D eigenvalue weighted by atomic mass is 16.1. The molecule has 5 heteroatoms. The lowest BCUT2D eigenvalue weighted by molar-refractivity contribution is -0.121. The molecule has 3 rings (SSSR count). The van der Waals surface area contributed by atoms with Crippen LogP contribution < -0.4 is 10.9 Å². The van der Waals surface area contributed by atoms with Gasteiger partial charge in [0.2, 0.25) is 5.91 Å². The fourth-order valence-corrected chi connectivity index (χ4v) is 2.86. The number of aromatic nitrogens is 2.